The average Bonchev–Trinajstić information content (AvgIpc) is 2.97. The lowest BCUT2D eigenvalue weighted by Gasteiger charge is -2.12. The molecule has 1 fully saturated rings. The molecule has 0 heterocycles. The van der Waals surface area contributed by atoms with Crippen LogP contribution < -0.4 is 10.6 Å². The Morgan fingerprint density at radius 3 is 2.57 bits per heavy atom. The van der Waals surface area contributed by atoms with Gasteiger partial charge in [0.25, 0.3) is 0 Å². The van der Waals surface area contributed by atoms with Crippen LogP contribution in [0.25, 0.3) is 0 Å². The second-order valence-corrected chi connectivity index (χ2v) is 6.37. The third-order valence-corrected chi connectivity index (χ3v) is 4.47. The van der Waals surface area contributed by atoms with Crippen molar-refractivity contribution in [3.8, 4) is 0 Å². The number of carbonyl (C=O) groups is 2. The Balaban J connectivity index is 1.78. The molecule has 126 valence electrons. The normalized spacial score (nSPS) is 15.4. The topological polar surface area (TPSA) is 58.2 Å². The second kappa shape index (κ2) is 7.72. The lowest BCUT2D eigenvalue weighted by atomic mass is 10.2. The highest BCUT2D eigenvalue weighted by molar-refractivity contribution is 8.00. The van der Waals surface area contributed by atoms with E-state index in [1.54, 1.807) is 0 Å². The minimum absolute atomic E-state index is 0.0962. The Kier molecular flexibility index (Phi) is 5.92. The van der Waals surface area contributed by atoms with Gasteiger partial charge in [0.05, 0.1) is 11.3 Å². The fourth-order valence-corrected chi connectivity index (χ4v) is 3.12. The van der Waals surface area contributed by atoms with Gasteiger partial charge in [0.15, 0.2) is 0 Å². The van der Waals surface area contributed by atoms with E-state index in [0.717, 1.165) is 49.6 Å². The first-order valence-corrected chi connectivity index (χ1v) is 8.23. The summed E-state index contributed by atoms with van der Waals surface area (Å²) in [4.78, 5) is 23.6. The minimum atomic E-state index is -4.42. The first-order valence-electron chi connectivity index (χ1n) is 7.25. The molecule has 1 saturated carbocycles. The van der Waals surface area contributed by atoms with Crippen LogP contribution in [-0.4, -0.2) is 23.7 Å². The third kappa shape index (κ3) is 5.78. The predicted molar refractivity (Wildman–Crippen MR) is 81.1 cm³/mol. The molecule has 0 spiro atoms. The number of hydrogen-bond acceptors (Lipinski definition) is 3. The summed E-state index contributed by atoms with van der Waals surface area (Å²) in [5, 5.41) is 4.90. The van der Waals surface area contributed by atoms with Crippen LogP contribution in [0.4, 0.5) is 18.0 Å². The lowest BCUT2D eigenvalue weighted by molar-refractivity contribution is -0.137. The van der Waals surface area contributed by atoms with E-state index in [-0.39, 0.29) is 11.8 Å². The highest BCUT2D eigenvalue weighted by atomic mass is 32.2. The standard InChI is InChI=1S/C15H17F3N2O2S/c16-15(17,18)10-4-3-7-12(8-10)23-9-13(21)20-14(22)19-11-5-1-2-6-11/h3-4,7-8,11H,1-2,5-6,9H2,(H2,19,20,21,22). The number of benzene rings is 1. The van der Waals surface area contributed by atoms with Crippen LogP contribution in [0, 0.1) is 0 Å². The van der Waals surface area contributed by atoms with Crippen LogP contribution in [0.1, 0.15) is 31.2 Å². The maximum atomic E-state index is 12.6. The lowest BCUT2D eigenvalue weighted by Crippen LogP contribution is -2.44. The minimum Gasteiger partial charge on any atom is -0.335 e. The monoisotopic (exact) mass is 346 g/mol. The van der Waals surface area contributed by atoms with E-state index >= 15 is 0 Å². The Morgan fingerprint density at radius 2 is 1.91 bits per heavy atom. The molecular formula is C15H17F3N2O2S. The highest BCUT2D eigenvalue weighted by Gasteiger charge is 2.30. The van der Waals surface area contributed by atoms with Crippen LogP contribution in [0.3, 0.4) is 0 Å². The zero-order valence-corrected chi connectivity index (χ0v) is 13.1. The van der Waals surface area contributed by atoms with E-state index in [1.165, 1.54) is 12.1 Å². The van der Waals surface area contributed by atoms with Gasteiger partial charge in [-0.25, -0.2) is 4.79 Å². The van der Waals surface area contributed by atoms with Gasteiger partial charge in [0.2, 0.25) is 5.91 Å². The van der Waals surface area contributed by atoms with E-state index in [2.05, 4.69) is 10.6 Å². The molecule has 1 aliphatic carbocycles. The van der Waals surface area contributed by atoms with Crippen LogP contribution in [0.15, 0.2) is 29.2 Å². The largest absolute Gasteiger partial charge is 0.416 e. The van der Waals surface area contributed by atoms with Gasteiger partial charge in [-0.05, 0) is 31.0 Å². The highest BCUT2D eigenvalue weighted by Crippen LogP contribution is 2.31. The summed E-state index contributed by atoms with van der Waals surface area (Å²) < 4.78 is 37.8. The van der Waals surface area contributed by atoms with Crippen molar-refractivity contribution in [1.29, 1.82) is 0 Å². The molecule has 2 rings (SSSR count). The summed E-state index contributed by atoms with van der Waals surface area (Å²) in [6, 6.07) is 4.28. The summed E-state index contributed by atoms with van der Waals surface area (Å²) >= 11 is 0.951. The summed E-state index contributed by atoms with van der Waals surface area (Å²) in [5.41, 5.74) is -0.762. The van der Waals surface area contributed by atoms with E-state index in [1.807, 2.05) is 0 Å². The molecule has 4 nitrogen and oxygen atoms in total. The summed E-state index contributed by atoms with van der Waals surface area (Å²) in [5.74, 6) is -0.665. The van der Waals surface area contributed by atoms with Crippen molar-refractivity contribution in [3.05, 3.63) is 29.8 Å². The van der Waals surface area contributed by atoms with Gasteiger partial charge in [-0.3, -0.25) is 10.1 Å². The molecule has 1 aromatic rings. The van der Waals surface area contributed by atoms with E-state index < -0.39 is 23.7 Å². The maximum Gasteiger partial charge on any atom is 0.416 e. The first kappa shape index (κ1) is 17.7. The van der Waals surface area contributed by atoms with Gasteiger partial charge in [-0.15, -0.1) is 11.8 Å². The van der Waals surface area contributed by atoms with Crippen molar-refractivity contribution in [1.82, 2.24) is 10.6 Å². The van der Waals surface area contributed by atoms with Gasteiger partial charge >= 0.3 is 12.2 Å². The van der Waals surface area contributed by atoms with Crippen molar-refractivity contribution in [2.45, 2.75) is 42.8 Å². The van der Waals surface area contributed by atoms with Crippen molar-refractivity contribution >= 4 is 23.7 Å². The fraction of sp³-hybridized carbons (Fsp3) is 0.467. The number of amides is 3. The van der Waals surface area contributed by atoms with Crippen molar-refractivity contribution in [2.24, 2.45) is 0 Å². The van der Waals surface area contributed by atoms with Crippen LogP contribution >= 0.6 is 11.8 Å². The third-order valence-electron chi connectivity index (χ3n) is 3.47. The van der Waals surface area contributed by atoms with Gasteiger partial charge in [0.1, 0.15) is 0 Å². The molecule has 0 saturated heterocycles. The molecule has 1 aliphatic rings. The zero-order valence-electron chi connectivity index (χ0n) is 12.3. The van der Waals surface area contributed by atoms with Gasteiger partial charge in [-0.1, -0.05) is 18.9 Å². The number of hydrogen-bond donors (Lipinski definition) is 2. The Bertz CT molecular complexity index is 572. The molecule has 0 atom stereocenters. The number of alkyl halides is 3. The van der Waals surface area contributed by atoms with Crippen molar-refractivity contribution < 1.29 is 22.8 Å². The predicted octanol–water partition coefficient (Wildman–Crippen LogP) is 3.57. The molecule has 2 N–H and O–H groups in total. The van der Waals surface area contributed by atoms with Gasteiger partial charge < -0.3 is 5.32 Å². The molecule has 3 amide bonds. The molecule has 23 heavy (non-hydrogen) atoms. The van der Waals surface area contributed by atoms with Crippen molar-refractivity contribution in [2.75, 3.05) is 5.75 Å². The molecule has 0 unspecified atom stereocenters. The van der Waals surface area contributed by atoms with Gasteiger partial charge in [-0.2, -0.15) is 13.2 Å². The first-order chi connectivity index (χ1) is 10.8. The SMILES string of the molecule is O=C(CSc1cccc(C(F)(F)F)c1)NC(=O)NC1CCCC1. The number of nitrogens with one attached hydrogen (secondary N) is 2. The Labute approximate surface area is 136 Å². The maximum absolute atomic E-state index is 12.6. The molecular weight excluding hydrogens is 329 g/mol. The second-order valence-electron chi connectivity index (χ2n) is 5.32. The quantitative estimate of drug-likeness (QED) is 0.820. The molecule has 0 radical (unpaired) electrons. The van der Waals surface area contributed by atoms with E-state index in [9.17, 15) is 22.8 Å². The number of halogens is 3. The van der Waals surface area contributed by atoms with E-state index in [4.69, 9.17) is 0 Å². The molecule has 0 aromatic heterocycles. The molecule has 8 heteroatoms. The Morgan fingerprint density at radius 1 is 1.22 bits per heavy atom. The number of thioether (sulfide) groups is 1. The molecule has 0 bridgehead atoms. The van der Waals surface area contributed by atoms with Crippen LogP contribution in [0.2, 0.25) is 0 Å². The van der Waals surface area contributed by atoms with Crippen LogP contribution in [-0.2, 0) is 11.0 Å². The van der Waals surface area contributed by atoms with Crippen LogP contribution in [0.5, 0.6) is 0 Å². The number of urea groups is 1. The van der Waals surface area contributed by atoms with Gasteiger partial charge in [0, 0.05) is 10.9 Å². The fourth-order valence-electron chi connectivity index (χ4n) is 2.37. The smallest absolute Gasteiger partial charge is 0.335 e. The number of carbonyl (C=O) groups excluding carboxylic acids is 2. The molecule has 0 aliphatic heterocycles. The zero-order chi connectivity index (χ0) is 16.9. The number of rotatable bonds is 4. The summed E-state index contributed by atoms with van der Waals surface area (Å²) in [6.07, 6.45) is -0.490. The van der Waals surface area contributed by atoms with E-state index in [0.29, 0.717) is 4.90 Å². The van der Waals surface area contributed by atoms with Crippen molar-refractivity contribution in [3.63, 3.8) is 0 Å². The summed E-state index contributed by atoms with van der Waals surface area (Å²) in [6.45, 7) is 0. The molecule has 1 aromatic carbocycles. The summed E-state index contributed by atoms with van der Waals surface area (Å²) in [7, 11) is 0. The number of imide groups is 1. The Hall–Kier alpha value is -1.70. The average molecular weight is 346 g/mol.